The fourth-order valence-corrected chi connectivity index (χ4v) is 3.30. The summed E-state index contributed by atoms with van der Waals surface area (Å²) in [4.78, 5) is 0. The molecule has 0 aromatic heterocycles. The van der Waals surface area contributed by atoms with E-state index in [9.17, 15) is 8.42 Å². The van der Waals surface area contributed by atoms with Crippen molar-refractivity contribution < 1.29 is 8.42 Å². The van der Waals surface area contributed by atoms with Crippen LogP contribution in [0.2, 0.25) is 0 Å². The molecule has 0 aliphatic rings. The van der Waals surface area contributed by atoms with Crippen molar-refractivity contribution in [2.45, 2.75) is 32.6 Å². The lowest BCUT2D eigenvalue weighted by Gasteiger charge is -2.17. The van der Waals surface area contributed by atoms with Gasteiger partial charge in [0.1, 0.15) is 9.84 Å². The van der Waals surface area contributed by atoms with Crippen LogP contribution in [0.3, 0.4) is 0 Å². The van der Waals surface area contributed by atoms with Crippen LogP contribution < -0.4 is 5.32 Å². The molecule has 0 radical (unpaired) electrons. The number of hydrogen-bond acceptors (Lipinski definition) is 3. The topological polar surface area (TPSA) is 46.2 Å². The molecule has 1 aromatic carbocycles. The van der Waals surface area contributed by atoms with Gasteiger partial charge < -0.3 is 5.32 Å². The van der Waals surface area contributed by atoms with E-state index >= 15 is 0 Å². The van der Waals surface area contributed by atoms with Gasteiger partial charge in [0.15, 0.2) is 0 Å². The van der Waals surface area contributed by atoms with Crippen LogP contribution in [0.5, 0.6) is 0 Å². The first-order chi connectivity index (χ1) is 9.90. The highest BCUT2D eigenvalue weighted by Crippen LogP contribution is 2.17. The van der Waals surface area contributed by atoms with Crippen molar-refractivity contribution in [3.63, 3.8) is 0 Å². The standard InChI is InChI=1S/C16H26BrNO2S/c1-3-10-18-13-15(5-4-11-21(2,19)20)12-14-6-8-16(17)9-7-14/h6-9,15,18H,3-5,10-13H2,1-2H3. The number of benzene rings is 1. The minimum absolute atomic E-state index is 0.289. The second-order valence-corrected chi connectivity index (χ2v) is 8.85. The molecule has 0 aliphatic carbocycles. The van der Waals surface area contributed by atoms with E-state index in [0.717, 1.165) is 43.2 Å². The summed E-state index contributed by atoms with van der Waals surface area (Å²) in [6.45, 7) is 4.12. The van der Waals surface area contributed by atoms with Crippen molar-refractivity contribution in [2.24, 2.45) is 5.92 Å². The van der Waals surface area contributed by atoms with Crippen LogP contribution in [0, 0.1) is 5.92 Å². The number of halogens is 1. The van der Waals surface area contributed by atoms with Gasteiger partial charge in [0.25, 0.3) is 0 Å². The molecule has 1 N–H and O–H groups in total. The molecular formula is C16H26BrNO2S. The second-order valence-electron chi connectivity index (χ2n) is 5.67. The van der Waals surface area contributed by atoms with Crippen molar-refractivity contribution in [2.75, 3.05) is 25.1 Å². The monoisotopic (exact) mass is 375 g/mol. The molecule has 0 heterocycles. The Morgan fingerprint density at radius 2 is 1.90 bits per heavy atom. The summed E-state index contributed by atoms with van der Waals surface area (Å²) >= 11 is 3.45. The number of rotatable bonds is 10. The van der Waals surface area contributed by atoms with Gasteiger partial charge in [-0.25, -0.2) is 8.42 Å². The van der Waals surface area contributed by atoms with E-state index < -0.39 is 9.84 Å². The van der Waals surface area contributed by atoms with E-state index in [1.54, 1.807) is 0 Å². The second kappa shape index (κ2) is 9.59. The van der Waals surface area contributed by atoms with Gasteiger partial charge in [-0.1, -0.05) is 35.0 Å². The lowest BCUT2D eigenvalue weighted by Crippen LogP contribution is -2.25. The van der Waals surface area contributed by atoms with Gasteiger partial charge in [0, 0.05) is 16.5 Å². The van der Waals surface area contributed by atoms with Gasteiger partial charge in [-0.05, 0) is 62.4 Å². The molecule has 120 valence electrons. The fraction of sp³-hybridized carbons (Fsp3) is 0.625. The molecule has 5 heteroatoms. The van der Waals surface area contributed by atoms with Crippen molar-refractivity contribution >= 4 is 25.8 Å². The summed E-state index contributed by atoms with van der Waals surface area (Å²) in [5.41, 5.74) is 1.31. The third-order valence-corrected chi connectivity index (χ3v) is 4.98. The number of nitrogens with one attached hydrogen (secondary N) is 1. The van der Waals surface area contributed by atoms with Crippen LogP contribution in [0.15, 0.2) is 28.7 Å². The minimum atomic E-state index is -2.85. The predicted octanol–water partition coefficient (Wildman–Crippen LogP) is 3.43. The van der Waals surface area contributed by atoms with Crippen molar-refractivity contribution in [1.82, 2.24) is 5.32 Å². The van der Waals surface area contributed by atoms with Crippen LogP contribution in [0.25, 0.3) is 0 Å². The molecule has 0 fully saturated rings. The Labute approximate surface area is 137 Å². The van der Waals surface area contributed by atoms with E-state index in [4.69, 9.17) is 0 Å². The molecule has 1 unspecified atom stereocenters. The van der Waals surface area contributed by atoms with Crippen molar-refractivity contribution in [1.29, 1.82) is 0 Å². The summed E-state index contributed by atoms with van der Waals surface area (Å²) in [5.74, 6) is 0.775. The lowest BCUT2D eigenvalue weighted by atomic mass is 9.95. The van der Waals surface area contributed by atoms with Gasteiger partial charge in [-0.2, -0.15) is 0 Å². The molecule has 0 bridgehead atoms. The van der Waals surface area contributed by atoms with Crippen molar-refractivity contribution in [3.05, 3.63) is 34.3 Å². The zero-order chi connectivity index (χ0) is 15.7. The highest BCUT2D eigenvalue weighted by atomic mass is 79.9. The maximum absolute atomic E-state index is 11.2. The van der Waals surface area contributed by atoms with E-state index in [-0.39, 0.29) is 5.75 Å². The molecule has 21 heavy (non-hydrogen) atoms. The molecule has 1 aromatic rings. The summed E-state index contributed by atoms with van der Waals surface area (Å²) in [7, 11) is -2.85. The maximum Gasteiger partial charge on any atom is 0.147 e. The van der Waals surface area contributed by atoms with Gasteiger partial charge in [-0.15, -0.1) is 0 Å². The van der Waals surface area contributed by atoms with Crippen LogP contribution in [-0.4, -0.2) is 33.5 Å². The Morgan fingerprint density at radius 3 is 2.48 bits per heavy atom. The molecule has 1 atom stereocenters. The number of sulfone groups is 1. The fourth-order valence-electron chi connectivity index (χ4n) is 2.35. The smallest absolute Gasteiger partial charge is 0.147 e. The van der Waals surface area contributed by atoms with Crippen LogP contribution >= 0.6 is 15.9 Å². The molecule has 0 saturated carbocycles. The Balaban J connectivity index is 2.52. The largest absolute Gasteiger partial charge is 0.316 e. The summed E-state index contributed by atoms with van der Waals surface area (Å²) in [6, 6.07) is 8.38. The Bertz CT molecular complexity index is 500. The van der Waals surface area contributed by atoms with Crippen LogP contribution in [0.4, 0.5) is 0 Å². The first-order valence-corrected chi connectivity index (χ1v) is 10.4. The predicted molar refractivity (Wildman–Crippen MR) is 93.4 cm³/mol. The minimum Gasteiger partial charge on any atom is -0.316 e. The molecule has 0 aliphatic heterocycles. The average Bonchev–Trinajstić information content (AvgIpc) is 2.40. The zero-order valence-corrected chi connectivity index (χ0v) is 15.3. The SMILES string of the molecule is CCCNCC(CCCS(C)(=O)=O)Cc1ccc(Br)cc1. The summed E-state index contributed by atoms with van der Waals surface area (Å²) < 4.78 is 23.6. The van der Waals surface area contributed by atoms with E-state index in [0.29, 0.717) is 5.92 Å². The normalized spacial score (nSPS) is 13.3. The average molecular weight is 376 g/mol. The van der Waals surface area contributed by atoms with E-state index in [1.165, 1.54) is 11.8 Å². The summed E-state index contributed by atoms with van der Waals surface area (Å²) in [5, 5.41) is 3.46. The van der Waals surface area contributed by atoms with Gasteiger partial charge >= 0.3 is 0 Å². The molecule has 0 saturated heterocycles. The molecular weight excluding hydrogens is 350 g/mol. The maximum atomic E-state index is 11.2. The van der Waals surface area contributed by atoms with Gasteiger partial charge in [0.2, 0.25) is 0 Å². The molecule has 3 nitrogen and oxygen atoms in total. The quantitative estimate of drug-likeness (QED) is 0.637. The highest BCUT2D eigenvalue weighted by molar-refractivity contribution is 9.10. The van der Waals surface area contributed by atoms with E-state index in [1.807, 2.05) is 0 Å². The summed E-state index contributed by atoms with van der Waals surface area (Å²) in [6.07, 6.45) is 5.11. The lowest BCUT2D eigenvalue weighted by molar-refractivity contribution is 0.438. The van der Waals surface area contributed by atoms with Gasteiger partial charge in [-0.3, -0.25) is 0 Å². The third kappa shape index (κ3) is 9.27. The first-order valence-electron chi connectivity index (χ1n) is 7.53. The Hall–Kier alpha value is -0.390. The van der Waals surface area contributed by atoms with Crippen LogP contribution in [-0.2, 0) is 16.3 Å². The molecule has 1 rings (SSSR count). The third-order valence-electron chi connectivity index (χ3n) is 3.42. The molecule has 0 amide bonds. The zero-order valence-electron chi connectivity index (χ0n) is 12.9. The molecule has 0 spiro atoms. The number of hydrogen-bond donors (Lipinski definition) is 1. The van der Waals surface area contributed by atoms with Crippen molar-refractivity contribution in [3.8, 4) is 0 Å². The Morgan fingerprint density at radius 1 is 1.24 bits per heavy atom. The highest BCUT2D eigenvalue weighted by Gasteiger charge is 2.11. The van der Waals surface area contributed by atoms with E-state index in [2.05, 4.69) is 52.4 Å². The Kier molecular flexibility index (Phi) is 8.52. The van der Waals surface area contributed by atoms with Crippen LogP contribution in [0.1, 0.15) is 31.7 Å². The first kappa shape index (κ1) is 18.7. The van der Waals surface area contributed by atoms with Gasteiger partial charge in [0.05, 0.1) is 0 Å².